The Balaban J connectivity index is 2.00. The molecule has 1 aromatic carbocycles. The number of carbonyl (C=O) groups excluding carboxylic acids is 2. The summed E-state index contributed by atoms with van der Waals surface area (Å²) in [7, 11) is -0.826. The molecule has 1 heterocycles. The van der Waals surface area contributed by atoms with Crippen molar-refractivity contribution in [1.82, 2.24) is 14.5 Å². The number of carboxylic acid groups (broad SMARTS) is 1. The van der Waals surface area contributed by atoms with Crippen molar-refractivity contribution in [2.24, 2.45) is 5.92 Å². The first kappa shape index (κ1) is 20.8. The molecule has 148 valence electrons. The van der Waals surface area contributed by atoms with Crippen molar-refractivity contribution in [1.29, 1.82) is 0 Å². The van der Waals surface area contributed by atoms with Gasteiger partial charge in [-0.15, -0.1) is 0 Å². The standard InChI is InChI=1S/C17H23N3O6S/c1-18-27(25,26)14-7-5-12(6-8-14)16(22)19(2)11-15(21)20-9-3-4-13(10-20)17(23)24/h5-8,13,18H,3-4,9-11H2,1-2H3,(H,23,24). The number of hydrogen-bond donors (Lipinski definition) is 2. The van der Waals surface area contributed by atoms with Crippen LogP contribution in [-0.2, 0) is 19.6 Å². The predicted octanol–water partition coefficient (Wildman–Crippen LogP) is -0.0101. The Morgan fingerprint density at radius 2 is 1.89 bits per heavy atom. The Morgan fingerprint density at radius 1 is 1.26 bits per heavy atom. The number of hydrogen-bond acceptors (Lipinski definition) is 5. The predicted molar refractivity (Wildman–Crippen MR) is 96.6 cm³/mol. The molecular weight excluding hydrogens is 374 g/mol. The summed E-state index contributed by atoms with van der Waals surface area (Å²) in [6, 6.07) is 5.40. The second-order valence-corrected chi connectivity index (χ2v) is 8.30. The summed E-state index contributed by atoms with van der Waals surface area (Å²) in [6.07, 6.45) is 1.15. The van der Waals surface area contributed by atoms with Crippen LogP contribution >= 0.6 is 0 Å². The number of aliphatic carboxylic acids is 1. The van der Waals surface area contributed by atoms with Gasteiger partial charge in [-0.2, -0.15) is 0 Å². The summed E-state index contributed by atoms with van der Waals surface area (Å²) in [5.41, 5.74) is 0.252. The zero-order chi connectivity index (χ0) is 20.2. The average Bonchev–Trinajstić information content (AvgIpc) is 2.67. The van der Waals surface area contributed by atoms with E-state index < -0.39 is 27.8 Å². The topological polar surface area (TPSA) is 124 Å². The molecule has 27 heavy (non-hydrogen) atoms. The third kappa shape index (κ3) is 5.04. The fraction of sp³-hybridized carbons (Fsp3) is 0.471. The summed E-state index contributed by atoms with van der Waals surface area (Å²) in [5, 5.41) is 9.10. The van der Waals surface area contributed by atoms with Crippen molar-refractivity contribution in [2.45, 2.75) is 17.7 Å². The average molecular weight is 397 g/mol. The van der Waals surface area contributed by atoms with Crippen molar-refractivity contribution < 1.29 is 27.9 Å². The van der Waals surface area contributed by atoms with Crippen LogP contribution in [0.4, 0.5) is 0 Å². The van der Waals surface area contributed by atoms with Gasteiger partial charge in [0.05, 0.1) is 17.4 Å². The number of amides is 2. The van der Waals surface area contributed by atoms with E-state index >= 15 is 0 Å². The van der Waals surface area contributed by atoms with Crippen molar-refractivity contribution in [3.8, 4) is 0 Å². The Hall–Kier alpha value is -2.46. The lowest BCUT2D eigenvalue weighted by Gasteiger charge is -2.32. The monoisotopic (exact) mass is 397 g/mol. The van der Waals surface area contributed by atoms with E-state index in [4.69, 9.17) is 5.11 Å². The SMILES string of the molecule is CNS(=O)(=O)c1ccc(C(=O)N(C)CC(=O)N2CCCC(C(=O)O)C2)cc1. The molecule has 0 aliphatic carbocycles. The van der Waals surface area contributed by atoms with Gasteiger partial charge in [-0.1, -0.05) is 0 Å². The molecule has 0 saturated carbocycles. The third-order valence-electron chi connectivity index (χ3n) is 4.52. The zero-order valence-corrected chi connectivity index (χ0v) is 16.0. The molecule has 1 saturated heterocycles. The number of likely N-dealkylation sites (N-methyl/N-ethyl adjacent to an activating group) is 1. The highest BCUT2D eigenvalue weighted by Gasteiger charge is 2.29. The van der Waals surface area contributed by atoms with Gasteiger partial charge in [0.2, 0.25) is 15.9 Å². The number of carbonyl (C=O) groups is 3. The van der Waals surface area contributed by atoms with Crippen LogP contribution in [0, 0.1) is 5.92 Å². The van der Waals surface area contributed by atoms with Crippen LogP contribution in [0.5, 0.6) is 0 Å². The highest BCUT2D eigenvalue weighted by Crippen LogP contribution is 2.17. The first-order valence-corrected chi connectivity index (χ1v) is 9.93. The fourth-order valence-corrected chi connectivity index (χ4v) is 3.62. The van der Waals surface area contributed by atoms with E-state index in [-0.39, 0.29) is 29.5 Å². The van der Waals surface area contributed by atoms with Crippen LogP contribution in [0.25, 0.3) is 0 Å². The zero-order valence-electron chi connectivity index (χ0n) is 15.2. The molecule has 1 aliphatic rings. The Morgan fingerprint density at radius 3 is 2.44 bits per heavy atom. The van der Waals surface area contributed by atoms with Crippen molar-refractivity contribution in [2.75, 3.05) is 33.7 Å². The molecule has 1 fully saturated rings. The van der Waals surface area contributed by atoms with E-state index in [0.29, 0.717) is 19.4 Å². The lowest BCUT2D eigenvalue weighted by Crippen LogP contribution is -2.46. The summed E-state index contributed by atoms with van der Waals surface area (Å²) >= 11 is 0. The largest absolute Gasteiger partial charge is 0.481 e. The van der Waals surface area contributed by atoms with Crippen LogP contribution in [0.15, 0.2) is 29.2 Å². The Labute approximate surface area is 158 Å². The molecule has 1 unspecified atom stereocenters. The van der Waals surface area contributed by atoms with Crippen LogP contribution in [0.2, 0.25) is 0 Å². The highest BCUT2D eigenvalue weighted by atomic mass is 32.2. The van der Waals surface area contributed by atoms with Gasteiger partial charge in [-0.25, -0.2) is 13.1 Å². The number of carboxylic acids is 1. The molecule has 10 heteroatoms. The molecule has 1 aliphatic heterocycles. The molecule has 1 atom stereocenters. The minimum atomic E-state index is -3.59. The van der Waals surface area contributed by atoms with Crippen LogP contribution in [0.1, 0.15) is 23.2 Å². The molecule has 0 aromatic heterocycles. The van der Waals surface area contributed by atoms with E-state index in [1.165, 1.54) is 48.2 Å². The van der Waals surface area contributed by atoms with Gasteiger partial charge in [0.15, 0.2) is 0 Å². The highest BCUT2D eigenvalue weighted by molar-refractivity contribution is 7.89. The third-order valence-corrected chi connectivity index (χ3v) is 5.95. The van der Waals surface area contributed by atoms with E-state index in [0.717, 1.165) is 0 Å². The van der Waals surface area contributed by atoms with E-state index in [1.54, 1.807) is 0 Å². The van der Waals surface area contributed by atoms with Gasteiger partial charge < -0.3 is 14.9 Å². The number of nitrogens with one attached hydrogen (secondary N) is 1. The van der Waals surface area contributed by atoms with Crippen LogP contribution in [-0.4, -0.2) is 74.8 Å². The molecule has 0 spiro atoms. The molecular formula is C17H23N3O6S. The van der Waals surface area contributed by atoms with E-state index in [9.17, 15) is 22.8 Å². The summed E-state index contributed by atoms with van der Waals surface area (Å²) in [5.74, 6) is -2.24. The van der Waals surface area contributed by atoms with Crippen molar-refractivity contribution in [3.05, 3.63) is 29.8 Å². The molecule has 9 nitrogen and oxygen atoms in total. The number of piperidine rings is 1. The maximum absolute atomic E-state index is 12.5. The van der Waals surface area contributed by atoms with E-state index in [1.807, 2.05) is 0 Å². The van der Waals surface area contributed by atoms with Crippen LogP contribution < -0.4 is 4.72 Å². The molecule has 2 amide bonds. The molecule has 1 aromatic rings. The quantitative estimate of drug-likeness (QED) is 0.696. The second-order valence-electron chi connectivity index (χ2n) is 6.41. The smallest absolute Gasteiger partial charge is 0.308 e. The van der Waals surface area contributed by atoms with Gasteiger partial charge in [0, 0.05) is 25.7 Å². The van der Waals surface area contributed by atoms with Gasteiger partial charge in [0.25, 0.3) is 5.91 Å². The summed E-state index contributed by atoms with van der Waals surface area (Å²) in [6.45, 7) is 0.440. The normalized spacial score (nSPS) is 17.4. The molecule has 0 radical (unpaired) electrons. The van der Waals surface area contributed by atoms with Crippen LogP contribution in [0.3, 0.4) is 0 Å². The van der Waals surface area contributed by atoms with Crippen molar-refractivity contribution in [3.63, 3.8) is 0 Å². The first-order valence-electron chi connectivity index (χ1n) is 8.45. The molecule has 0 bridgehead atoms. The minimum absolute atomic E-state index is 0.0355. The number of nitrogens with zero attached hydrogens (tertiary/aromatic N) is 2. The number of sulfonamides is 1. The maximum atomic E-state index is 12.5. The lowest BCUT2D eigenvalue weighted by molar-refractivity contribution is -0.145. The second kappa shape index (κ2) is 8.49. The number of benzene rings is 1. The summed E-state index contributed by atoms with van der Waals surface area (Å²) < 4.78 is 25.6. The first-order chi connectivity index (χ1) is 12.7. The minimum Gasteiger partial charge on any atom is -0.481 e. The van der Waals surface area contributed by atoms with Gasteiger partial charge in [-0.05, 0) is 44.2 Å². The van der Waals surface area contributed by atoms with Gasteiger partial charge >= 0.3 is 5.97 Å². The Kier molecular flexibility index (Phi) is 6.55. The number of rotatable bonds is 6. The van der Waals surface area contributed by atoms with Crippen molar-refractivity contribution >= 4 is 27.8 Å². The molecule has 2 rings (SSSR count). The fourth-order valence-electron chi connectivity index (χ4n) is 2.89. The lowest BCUT2D eigenvalue weighted by atomic mass is 9.98. The van der Waals surface area contributed by atoms with E-state index in [2.05, 4.69) is 4.72 Å². The van der Waals surface area contributed by atoms with Gasteiger partial charge in [-0.3, -0.25) is 14.4 Å². The number of likely N-dealkylation sites (tertiary alicyclic amines) is 1. The maximum Gasteiger partial charge on any atom is 0.308 e. The summed E-state index contributed by atoms with van der Waals surface area (Å²) in [4.78, 5) is 38.7. The van der Waals surface area contributed by atoms with Gasteiger partial charge in [0.1, 0.15) is 0 Å². The molecule has 2 N–H and O–H groups in total. The Bertz CT molecular complexity index is 822.